The van der Waals surface area contributed by atoms with Gasteiger partial charge in [-0.1, -0.05) is 26.0 Å². The highest BCUT2D eigenvalue weighted by Crippen LogP contribution is 2.42. The number of carbonyl (C=O) groups excluding carboxylic acids is 3. The number of nitrogen functional groups attached to an aromatic ring is 1. The molecule has 0 aliphatic heterocycles. The predicted molar refractivity (Wildman–Crippen MR) is 154 cm³/mol. The van der Waals surface area contributed by atoms with Crippen molar-refractivity contribution in [3.05, 3.63) is 58.1 Å². The molecule has 1 unspecified atom stereocenters. The van der Waals surface area contributed by atoms with Gasteiger partial charge in [-0.2, -0.15) is 4.37 Å². The van der Waals surface area contributed by atoms with Gasteiger partial charge in [0, 0.05) is 12.2 Å². The van der Waals surface area contributed by atoms with Gasteiger partial charge in [0.25, 0.3) is 11.8 Å². The van der Waals surface area contributed by atoms with Crippen LogP contribution < -0.4 is 35.9 Å². The Bertz CT molecular complexity index is 1360. The molecule has 2 aromatic carbocycles. The summed E-state index contributed by atoms with van der Waals surface area (Å²) in [6.07, 6.45) is 0.732. The van der Waals surface area contributed by atoms with Gasteiger partial charge in [0.15, 0.2) is 17.2 Å². The Labute approximate surface area is 237 Å². The molecule has 11 nitrogen and oxygen atoms in total. The molecule has 0 fully saturated rings. The van der Waals surface area contributed by atoms with Crippen LogP contribution in [0.3, 0.4) is 0 Å². The van der Waals surface area contributed by atoms with Gasteiger partial charge in [-0.05, 0) is 66.2 Å². The maximum Gasteiger partial charge on any atom is 0.273 e. The van der Waals surface area contributed by atoms with Crippen molar-refractivity contribution >= 4 is 40.6 Å². The minimum Gasteiger partial charge on any atom is -0.493 e. The maximum atomic E-state index is 14.2. The molecule has 1 atom stereocenters. The molecule has 3 amide bonds. The molecule has 0 saturated carbocycles. The van der Waals surface area contributed by atoms with E-state index in [0.29, 0.717) is 41.0 Å². The zero-order valence-corrected chi connectivity index (χ0v) is 24.3. The number of benzene rings is 2. The Balaban J connectivity index is 2.29. The monoisotopic (exact) mass is 569 g/mol. The van der Waals surface area contributed by atoms with Crippen LogP contribution in [-0.4, -0.2) is 50.0 Å². The van der Waals surface area contributed by atoms with Gasteiger partial charge in [0.05, 0.1) is 27.0 Å². The number of primary amides is 1. The number of carbonyl (C=O) groups is 3. The van der Waals surface area contributed by atoms with Crippen molar-refractivity contribution < 1.29 is 28.6 Å². The van der Waals surface area contributed by atoms with Crippen molar-refractivity contribution in [1.82, 2.24) is 9.69 Å². The molecular formula is C28H35N5O6S. The molecule has 3 rings (SSSR count). The van der Waals surface area contributed by atoms with Crippen molar-refractivity contribution in [3.63, 3.8) is 0 Å². The fraction of sp³-hybridized carbons (Fsp3) is 0.357. The van der Waals surface area contributed by atoms with E-state index in [1.807, 2.05) is 26.8 Å². The number of amides is 3. The molecular weight excluding hydrogens is 534 g/mol. The normalized spacial score (nSPS) is 11.6. The largest absolute Gasteiger partial charge is 0.493 e. The third-order valence-electron chi connectivity index (χ3n) is 6.18. The van der Waals surface area contributed by atoms with E-state index in [1.54, 1.807) is 30.3 Å². The Morgan fingerprint density at radius 1 is 1.05 bits per heavy atom. The second kappa shape index (κ2) is 13.2. The third-order valence-corrected chi connectivity index (χ3v) is 7.04. The fourth-order valence-corrected chi connectivity index (χ4v) is 4.90. The fourth-order valence-electron chi connectivity index (χ4n) is 4.16. The van der Waals surface area contributed by atoms with E-state index in [-0.39, 0.29) is 16.3 Å². The van der Waals surface area contributed by atoms with Crippen molar-refractivity contribution in [2.24, 2.45) is 11.7 Å². The molecule has 1 heterocycles. The quantitative estimate of drug-likeness (QED) is 0.298. The van der Waals surface area contributed by atoms with Crippen LogP contribution in [0.4, 0.5) is 11.4 Å². The van der Waals surface area contributed by atoms with Crippen LogP contribution >= 0.6 is 11.5 Å². The van der Waals surface area contributed by atoms with Crippen molar-refractivity contribution in [3.8, 4) is 17.2 Å². The number of ether oxygens (including phenoxy) is 3. The second-order valence-electron chi connectivity index (χ2n) is 9.49. The van der Waals surface area contributed by atoms with Crippen molar-refractivity contribution in [1.29, 1.82) is 0 Å². The van der Waals surface area contributed by atoms with Crippen LogP contribution in [-0.2, 0) is 4.79 Å². The smallest absolute Gasteiger partial charge is 0.273 e. The number of nitrogens with two attached hydrogens (primary N) is 2. The van der Waals surface area contributed by atoms with Crippen LogP contribution in [0.2, 0.25) is 0 Å². The molecule has 0 bridgehead atoms. The zero-order chi connectivity index (χ0) is 29.6. The minimum atomic E-state index is -1.20. The number of aryl methyl sites for hydroxylation is 1. The molecule has 1 aromatic heterocycles. The predicted octanol–water partition coefficient (Wildman–Crippen LogP) is 3.71. The first-order valence-corrected chi connectivity index (χ1v) is 13.3. The average Bonchev–Trinajstić information content (AvgIpc) is 3.31. The topological polar surface area (TPSA) is 159 Å². The summed E-state index contributed by atoms with van der Waals surface area (Å²) in [6.45, 7) is 6.36. The molecule has 0 aliphatic rings. The maximum absolute atomic E-state index is 14.2. The van der Waals surface area contributed by atoms with Gasteiger partial charge in [-0.25, -0.2) is 0 Å². The lowest BCUT2D eigenvalue weighted by Gasteiger charge is -2.32. The Hall–Kier alpha value is -4.32. The van der Waals surface area contributed by atoms with E-state index in [1.165, 1.54) is 26.2 Å². The zero-order valence-electron chi connectivity index (χ0n) is 23.4. The summed E-state index contributed by atoms with van der Waals surface area (Å²) in [5.41, 5.74) is 12.9. The average molecular weight is 570 g/mol. The van der Waals surface area contributed by atoms with Crippen molar-refractivity contribution in [2.45, 2.75) is 33.2 Å². The van der Waals surface area contributed by atoms with E-state index in [0.717, 1.165) is 23.5 Å². The van der Waals surface area contributed by atoms with Crippen molar-refractivity contribution in [2.75, 3.05) is 38.5 Å². The number of hydrogen-bond acceptors (Lipinski definition) is 9. The highest BCUT2D eigenvalue weighted by atomic mass is 32.1. The second-order valence-corrected chi connectivity index (χ2v) is 10.3. The van der Waals surface area contributed by atoms with Gasteiger partial charge in [0.1, 0.15) is 10.9 Å². The van der Waals surface area contributed by atoms with Gasteiger partial charge >= 0.3 is 0 Å². The molecule has 5 N–H and O–H groups in total. The van der Waals surface area contributed by atoms with E-state index < -0.39 is 23.8 Å². The van der Waals surface area contributed by atoms with Crippen LogP contribution in [0.15, 0.2) is 36.4 Å². The number of methoxy groups -OCH3 is 3. The Kier molecular flexibility index (Phi) is 9.94. The molecule has 0 radical (unpaired) electrons. The SMILES string of the molecule is COc1cc(C(C(=O)NCCC(C)C)N(C(=O)c2snc(C(N)=O)c2N)c2cccc(C)c2)cc(OC)c1OC. The number of rotatable bonds is 12. The summed E-state index contributed by atoms with van der Waals surface area (Å²) < 4.78 is 20.5. The third kappa shape index (κ3) is 6.45. The van der Waals surface area contributed by atoms with E-state index in [4.69, 9.17) is 25.7 Å². The first-order valence-electron chi connectivity index (χ1n) is 12.6. The summed E-state index contributed by atoms with van der Waals surface area (Å²) in [6, 6.07) is 9.17. The molecule has 0 saturated heterocycles. The van der Waals surface area contributed by atoms with Gasteiger partial charge in [-0.15, -0.1) is 0 Å². The van der Waals surface area contributed by atoms with Crippen LogP contribution in [0.25, 0.3) is 0 Å². The number of nitrogens with zero attached hydrogens (tertiary/aromatic N) is 2. The molecule has 12 heteroatoms. The lowest BCUT2D eigenvalue weighted by atomic mass is 10.0. The summed E-state index contributed by atoms with van der Waals surface area (Å²) in [7, 11) is 4.40. The Morgan fingerprint density at radius 2 is 1.70 bits per heavy atom. The highest BCUT2D eigenvalue weighted by molar-refractivity contribution is 7.09. The standard InChI is InChI=1S/C28H35N5O6S/c1-15(2)10-11-31-27(35)23(17-13-19(37-4)24(39-6)20(14-17)38-5)33(18-9-7-8-16(3)12-18)28(36)25-21(29)22(26(30)34)32-40-25/h7-9,12-15,23H,10-11,29H2,1-6H3,(H2,30,34)(H,31,35). The minimum absolute atomic E-state index is 0.0253. The lowest BCUT2D eigenvalue weighted by Crippen LogP contribution is -2.44. The van der Waals surface area contributed by atoms with E-state index in [2.05, 4.69) is 9.69 Å². The first-order chi connectivity index (χ1) is 19.0. The number of anilines is 2. The molecule has 214 valence electrons. The van der Waals surface area contributed by atoms with Gasteiger partial charge in [-0.3, -0.25) is 19.3 Å². The summed E-state index contributed by atoms with van der Waals surface area (Å²) in [5, 5.41) is 2.96. The molecule has 0 spiro atoms. The van der Waals surface area contributed by atoms with Gasteiger partial charge < -0.3 is 31.0 Å². The molecule has 3 aromatic rings. The lowest BCUT2D eigenvalue weighted by molar-refractivity contribution is -0.122. The number of hydrogen-bond donors (Lipinski definition) is 3. The first kappa shape index (κ1) is 30.2. The van der Waals surface area contributed by atoms with E-state index >= 15 is 0 Å². The Morgan fingerprint density at radius 3 is 2.20 bits per heavy atom. The van der Waals surface area contributed by atoms with Gasteiger partial charge in [0.2, 0.25) is 11.7 Å². The molecule has 0 aliphatic carbocycles. The number of nitrogens with one attached hydrogen (secondary N) is 1. The summed E-state index contributed by atoms with van der Waals surface area (Å²) >= 11 is 0.739. The van der Waals surface area contributed by atoms with Crippen LogP contribution in [0.5, 0.6) is 17.2 Å². The molecule has 40 heavy (non-hydrogen) atoms. The highest BCUT2D eigenvalue weighted by Gasteiger charge is 2.37. The van der Waals surface area contributed by atoms with Crippen LogP contribution in [0, 0.1) is 12.8 Å². The summed E-state index contributed by atoms with van der Waals surface area (Å²) in [5.74, 6) is -0.641. The number of aromatic nitrogens is 1. The van der Waals surface area contributed by atoms with E-state index in [9.17, 15) is 14.4 Å². The van der Waals surface area contributed by atoms with Crippen LogP contribution in [0.1, 0.15) is 57.6 Å². The summed E-state index contributed by atoms with van der Waals surface area (Å²) in [4.78, 5) is 41.4.